The van der Waals surface area contributed by atoms with Crippen LogP contribution in [0.15, 0.2) is 12.0 Å². The number of hydrogen-bond acceptors (Lipinski definition) is 2. The highest BCUT2D eigenvalue weighted by Gasteiger charge is 2.48. The summed E-state index contributed by atoms with van der Waals surface area (Å²) < 4.78 is 6.87. The second kappa shape index (κ2) is 10.1. The van der Waals surface area contributed by atoms with Gasteiger partial charge in [0, 0.05) is 19.4 Å². The van der Waals surface area contributed by atoms with Crippen LogP contribution in [-0.4, -0.2) is 25.7 Å². The summed E-state index contributed by atoms with van der Waals surface area (Å²) >= 11 is 0. The second-order valence-electron chi connectivity index (χ2n) is 8.06. The van der Waals surface area contributed by atoms with E-state index in [0.29, 0.717) is 23.0 Å². The molecule has 25 heavy (non-hydrogen) atoms. The second-order valence-corrected chi connectivity index (χ2v) is 13.4. The third kappa shape index (κ3) is 5.38. The van der Waals surface area contributed by atoms with Gasteiger partial charge in [0.25, 0.3) is 8.32 Å². The molecule has 0 unspecified atom stereocenters. The Hall–Kier alpha value is -1.21. The lowest BCUT2D eigenvalue weighted by Crippen LogP contribution is -2.50. The van der Waals surface area contributed by atoms with Gasteiger partial charge in [-0.3, -0.25) is 9.69 Å². The van der Waals surface area contributed by atoms with Crippen molar-refractivity contribution in [2.45, 2.75) is 96.7 Å². The monoisotopic (exact) mass is 363 g/mol. The van der Waals surface area contributed by atoms with Gasteiger partial charge in [-0.15, -0.1) is 12.3 Å². The molecule has 1 amide bonds. The highest BCUT2D eigenvalue weighted by molar-refractivity contribution is 6.77. The molecule has 1 heterocycles. The van der Waals surface area contributed by atoms with E-state index in [0.717, 1.165) is 44.5 Å². The molecule has 0 bridgehead atoms. The number of piperidine rings is 1. The molecule has 0 radical (unpaired) electrons. The molecule has 0 aromatic rings. The van der Waals surface area contributed by atoms with Crippen molar-refractivity contribution in [1.82, 2.24) is 4.90 Å². The smallest absolute Gasteiger partial charge is 0.260 e. The molecule has 0 aromatic carbocycles. The molecule has 4 heteroatoms. The molecular formula is C21H37NO2Si. The van der Waals surface area contributed by atoms with Crippen molar-refractivity contribution in [3.05, 3.63) is 12.0 Å². The van der Waals surface area contributed by atoms with Crippen LogP contribution >= 0.6 is 0 Å². The van der Waals surface area contributed by atoms with E-state index >= 15 is 0 Å². The maximum atomic E-state index is 12.5. The van der Waals surface area contributed by atoms with E-state index in [2.05, 4.69) is 53.5 Å². The summed E-state index contributed by atoms with van der Waals surface area (Å²) in [5.74, 6) is 3.70. The van der Waals surface area contributed by atoms with E-state index in [1.54, 1.807) is 0 Å². The van der Waals surface area contributed by atoms with Crippen LogP contribution in [0.25, 0.3) is 0 Å². The molecule has 1 aliphatic heterocycles. The normalized spacial score (nSPS) is 16.7. The SMILES string of the molecule is C#CCCC/C=C(\O[Si](C(C)C)(C(C)C)C(C)C)N1CCCCC1=O. The lowest BCUT2D eigenvalue weighted by molar-refractivity contribution is -0.133. The first-order valence-corrected chi connectivity index (χ1v) is 12.0. The van der Waals surface area contributed by atoms with E-state index in [-0.39, 0.29) is 5.91 Å². The summed E-state index contributed by atoms with van der Waals surface area (Å²) in [6.07, 6.45) is 12.7. The summed E-state index contributed by atoms with van der Waals surface area (Å²) in [5.41, 5.74) is 1.46. The molecule has 1 rings (SSSR count). The number of likely N-dealkylation sites (tertiary alicyclic amines) is 1. The first-order valence-electron chi connectivity index (χ1n) is 9.90. The lowest BCUT2D eigenvalue weighted by Gasteiger charge is -2.45. The minimum absolute atomic E-state index is 0.202. The Balaban J connectivity index is 3.16. The number of allylic oxidation sites excluding steroid dienone is 1. The Kier molecular flexibility index (Phi) is 8.79. The zero-order valence-electron chi connectivity index (χ0n) is 17.1. The number of nitrogens with zero attached hydrogens (tertiary/aromatic N) is 1. The van der Waals surface area contributed by atoms with E-state index in [1.807, 2.05) is 4.90 Å². The first kappa shape index (κ1) is 21.8. The number of unbranched alkanes of at least 4 members (excludes halogenated alkanes) is 2. The molecule has 0 aromatic heterocycles. The van der Waals surface area contributed by atoms with E-state index in [4.69, 9.17) is 10.8 Å². The predicted molar refractivity (Wildman–Crippen MR) is 108 cm³/mol. The van der Waals surface area contributed by atoms with E-state index < -0.39 is 8.32 Å². The summed E-state index contributed by atoms with van der Waals surface area (Å²) in [7, 11) is -2.08. The molecule has 3 nitrogen and oxygen atoms in total. The van der Waals surface area contributed by atoms with E-state index in [1.165, 1.54) is 0 Å². The maximum absolute atomic E-state index is 12.5. The van der Waals surface area contributed by atoms with Crippen molar-refractivity contribution in [2.75, 3.05) is 6.54 Å². The fourth-order valence-electron chi connectivity index (χ4n) is 4.21. The quantitative estimate of drug-likeness (QED) is 0.223. The van der Waals surface area contributed by atoms with Crippen molar-refractivity contribution < 1.29 is 9.22 Å². The molecule has 0 spiro atoms. The van der Waals surface area contributed by atoms with Crippen molar-refractivity contribution in [1.29, 1.82) is 0 Å². The summed E-state index contributed by atoms with van der Waals surface area (Å²) in [5, 5.41) is 0. The number of hydrogen-bond donors (Lipinski definition) is 0. The maximum Gasteiger partial charge on any atom is 0.260 e. The molecule has 1 aliphatic rings. The zero-order chi connectivity index (χ0) is 19.0. The van der Waals surface area contributed by atoms with Gasteiger partial charge >= 0.3 is 0 Å². The van der Waals surface area contributed by atoms with Gasteiger partial charge in [0.1, 0.15) is 0 Å². The first-order chi connectivity index (χ1) is 11.8. The van der Waals surface area contributed by atoms with E-state index in [9.17, 15) is 4.79 Å². The number of rotatable bonds is 9. The molecule has 1 saturated heterocycles. The molecule has 0 saturated carbocycles. The van der Waals surface area contributed by atoms with Gasteiger partial charge in [0.15, 0.2) is 5.88 Å². The Bertz CT molecular complexity index is 481. The van der Waals surface area contributed by atoms with Gasteiger partial charge in [-0.25, -0.2) is 0 Å². The number of amides is 1. The summed E-state index contributed by atoms with van der Waals surface area (Å²) in [6.45, 7) is 14.4. The Morgan fingerprint density at radius 2 is 1.80 bits per heavy atom. The average Bonchev–Trinajstić information content (AvgIpc) is 2.54. The van der Waals surface area contributed by atoms with Crippen LogP contribution in [-0.2, 0) is 9.22 Å². The van der Waals surface area contributed by atoms with Gasteiger partial charge in [-0.1, -0.05) is 41.5 Å². The van der Waals surface area contributed by atoms with Crippen molar-refractivity contribution in [3.63, 3.8) is 0 Å². The third-order valence-corrected chi connectivity index (χ3v) is 11.4. The van der Waals surface area contributed by atoms with Gasteiger partial charge in [-0.2, -0.15) is 0 Å². The van der Waals surface area contributed by atoms with Crippen LogP contribution in [0.4, 0.5) is 0 Å². The highest BCUT2D eigenvalue weighted by atomic mass is 28.4. The number of carbonyl (C=O) groups is 1. The molecule has 0 aliphatic carbocycles. The van der Waals surface area contributed by atoms with Crippen LogP contribution in [0.5, 0.6) is 0 Å². The van der Waals surface area contributed by atoms with Crippen LogP contribution < -0.4 is 0 Å². The number of terminal acetylenes is 1. The van der Waals surface area contributed by atoms with Crippen molar-refractivity contribution in [3.8, 4) is 12.3 Å². The van der Waals surface area contributed by atoms with Gasteiger partial charge in [0.2, 0.25) is 5.91 Å². The fraction of sp³-hybridized carbons (Fsp3) is 0.762. The van der Waals surface area contributed by atoms with Crippen LogP contribution in [0, 0.1) is 12.3 Å². The predicted octanol–water partition coefficient (Wildman–Crippen LogP) is 5.84. The van der Waals surface area contributed by atoms with Gasteiger partial charge in [-0.05, 0) is 48.4 Å². The molecular weight excluding hydrogens is 326 g/mol. The fourth-order valence-corrected chi connectivity index (χ4v) is 9.47. The molecule has 0 atom stereocenters. The minimum atomic E-state index is -2.08. The highest BCUT2D eigenvalue weighted by Crippen LogP contribution is 2.44. The number of carbonyl (C=O) groups excluding carboxylic acids is 1. The largest absolute Gasteiger partial charge is 0.531 e. The topological polar surface area (TPSA) is 29.5 Å². The Morgan fingerprint density at radius 3 is 2.28 bits per heavy atom. The third-order valence-electron chi connectivity index (χ3n) is 5.42. The Labute approximate surface area is 156 Å². The minimum Gasteiger partial charge on any atom is -0.531 e. The van der Waals surface area contributed by atoms with Crippen molar-refractivity contribution >= 4 is 14.2 Å². The van der Waals surface area contributed by atoms with Crippen LogP contribution in [0.2, 0.25) is 16.6 Å². The molecule has 142 valence electrons. The van der Waals surface area contributed by atoms with Crippen LogP contribution in [0.3, 0.4) is 0 Å². The summed E-state index contributed by atoms with van der Waals surface area (Å²) in [4.78, 5) is 14.4. The lowest BCUT2D eigenvalue weighted by atomic mass is 10.1. The van der Waals surface area contributed by atoms with Gasteiger partial charge < -0.3 is 4.43 Å². The van der Waals surface area contributed by atoms with Crippen molar-refractivity contribution in [2.24, 2.45) is 0 Å². The standard InChI is InChI=1S/C21H37NO2Si/c1-8-9-10-11-15-21(22-16-13-12-14-20(22)23)24-25(17(2)3,18(4)5)19(6)7/h1,15,17-19H,9-14,16H2,2-7H3/b21-15-. The Morgan fingerprint density at radius 1 is 1.20 bits per heavy atom. The molecule has 0 N–H and O–H groups in total. The summed E-state index contributed by atoms with van der Waals surface area (Å²) in [6, 6.07) is 0. The molecule has 1 fully saturated rings. The average molecular weight is 364 g/mol. The zero-order valence-corrected chi connectivity index (χ0v) is 18.1. The van der Waals surface area contributed by atoms with Gasteiger partial charge in [0.05, 0.1) is 0 Å². The van der Waals surface area contributed by atoms with Crippen LogP contribution in [0.1, 0.15) is 80.1 Å².